The molecule has 6 aromatic carbocycles. The lowest BCUT2D eigenvalue weighted by atomic mass is 10.0. The molecule has 2 N–H and O–H groups in total. The molecule has 0 saturated heterocycles. The summed E-state index contributed by atoms with van der Waals surface area (Å²) in [6.45, 7) is 0. The molecule has 0 radical (unpaired) electrons. The first-order valence-electron chi connectivity index (χ1n) is 12.8. The van der Waals surface area contributed by atoms with Crippen LogP contribution in [0.5, 0.6) is 0 Å². The Hall–Kier alpha value is -5.05. The SMILES string of the molecule is Brc1ccc(-c2nc(-c3ccccc3)c3ccc4ccccc4c3n2)cc1.N#Cc1ccc2ccccc2c1N. The zero-order chi connectivity index (χ0) is 27.5. The molecule has 7 aromatic rings. The first kappa shape index (κ1) is 25.2. The van der Waals surface area contributed by atoms with Crippen molar-refractivity contribution in [2.24, 2.45) is 0 Å². The van der Waals surface area contributed by atoms with Gasteiger partial charge >= 0.3 is 0 Å². The minimum Gasteiger partial charge on any atom is -0.397 e. The fraction of sp³-hybridized carbons (Fsp3) is 0. The summed E-state index contributed by atoms with van der Waals surface area (Å²) in [4.78, 5) is 9.91. The van der Waals surface area contributed by atoms with Gasteiger partial charge in [0.15, 0.2) is 5.82 Å². The number of hydrogen-bond donors (Lipinski definition) is 1. The normalized spacial score (nSPS) is 10.7. The predicted octanol–water partition coefficient (Wildman–Crippen LogP) is 9.17. The van der Waals surface area contributed by atoms with Crippen LogP contribution in [0.2, 0.25) is 0 Å². The van der Waals surface area contributed by atoms with Crippen molar-refractivity contribution in [1.29, 1.82) is 5.26 Å². The molecular formula is C35H23BrN4. The number of nitriles is 1. The van der Waals surface area contributed by atoms with E-state index in [9.17, 15) is 0 Å². The summed E-state index contributed by atoms with van der Waals surface area (Å²) in [5, 5.41) is 14.2. The lowest BCUT2D eigenvalue weighted by Crippen LogP contribution is -1.96. The van der Waals surface area contributed by atoms with Crippen LogP contribution < -0.4 is 5.73 Å². The van der Waals surface area contributed by atoms with Gasteiger partial charge in [-0.15, -0.1) is 0 Å². The predicted molar refractivity (Wildman–Crippen MR) is 169 cm³/mol. The van der Waals surface area contributed by atoms with Crippen LogP contribution in [0.1, 0.15) is 5.56 Å². The Balaban J connectivity index is 0.000000187. The van der Waals surface area contributed by atoms with Crippen molar-refractivity contribution in [3.05, 3.63) is 137 Å². The molecule has 4 nitrogen and oxygen atoms in total. The molecule has 0 aliphatic rings. The van der Waals surface area contributed by atoms with Crippen LogP contribution >= 0.6 is 15.9 Å². The maximum Gasteiger partial charge on any atom is 0.160 e. The molecule has 0 spiro atoms. The lowest BCUT2D eigenvalue weighted by molar-refractivity contribution is 1.23. The molecule has 0 aliphatic heterocycles. The number of halogens is 1. The number of nitrogens with two attached hydrogens (primary N) is 1. The van der Waals surface area contributed by atoms with Gasteiger partial charge in [-0.3, -0.25) is 0 Å². The molecule has 0 bridgehead atoms. The van der Waals surface area contributed by atoms with Gasteiger partial charge in [-0.2, -0.15) is 5.26 Å². The van der Waals surface area contributed by atoms with Crippen LogP contribution in [0.4, 0.5) is 5.69 Å². The van der Waals surface area contributed by atoms with Crippen LogP contribution in [0.15, 0.2) is 132 Å². The van der Waals surface area contributed by atoms with Gasteiger partial charge in [-0.05, 0) is 35.0 Å². The minimum atomic E-state index is 0.540. The van der Waals surface area contributed by atoms with Gasteiger partial charge in [0.2, 0.25) is 0 Å². The second kappa shape index (κ2) is 11.0. The number of rotatable bonds is 2. The summed E-state index contributed by atoms with van der Waals surface area (Å²) in [5.74, 6) is 0.741. The van der Waals surface area contributed by atoms with Crippen molar-refractivity contribution in [3.8, 4) is 28.7 Å². The van der Waals surface area contributed by atoms with E-state index in [-0.39, 0.29) is 0 Å². The van der Waals surface area contributed by atoms with E-state index in [1.807, 2.05) is 72.8 Å². The summed E-state index contributed by atoms with van der Waals surface area (Å²) >= 11 is 3.50. The summed E-state index contributed by atoms with van der Waals surface area (Å²) in [7, 11) is 0. The van der Waals surface area contributed by atoms with Gasteiger partial charge in [0.05, 0.1) is 22.5 Å². The van der Waals surface area contributed by atoms with Gasteiger partial charge in [-0.25, -0.2) is 9.97 Å². The molecule has 0 atom stereocenters. The van der Waals surface area contributed by atoms with Crippen molar-refractivity contribution in [1.82, 2.24) is 9.97 Å². The highest BCUT2D eigenvalue weighted by atomic mass is 79.9. The van der Waals surface area contributed by atoms with Crippen molar-refractivity contribution in [2.45, 2.75) is 0 Å². The highest BCUT2D eigenvalue weighted by Gasteiger charge is 2.13. The number of benzene rings is 6. The Labute approximate surface area is 240 Å². The summed E-state index contributed by atoms with van der Waals surface area (Å²) in [5.41, 5.74) is 11.0. The number of aromatic nitrogens is 2. The number of nitrogen functional groups attached to an aromatic ring is 1. The topological polar surface area (TPSA) is 75.6 Å². The molecule has 1 aromatic heterocycles. The van der Waals surface area contributed by atoms with Crippen LogP contribution in [-0.2, 0) is 0 Å². The van der Waals surface area contributed by atoms with Gasteiger partial charge < -0.3 is 5.73 Å². The van der Waals surface area contributed by atoms with E-state index in [1.165, 1.54) is 5.39 Å². The van der Waals surface area contributed by atoms with E-state index in [1.54, 1.807) is 6.07 Å². The first-order valence-corrected chi connectivity index (χ1v) is 13.6. The van der Waals surface area contributed by atoms with E-state index in [0.29, 0.717) is 11.3 Å². The van der Waals surface area contributed by atoms with Crippen LogP contribution in [0, 0.1) is 11.3 Å². The van der Waals surface area contributed by atoms with Crippen molar-refractivity contribution in [3.63, 3.8) is 0 Å². The average Bonchev–Trinajstić information content (AvgIpc) is 3.02. The zero-order valence-corrected chi connectivity index (χ0v) is 23.0. The Bertz CT molecular complexity index is 2030. The van der Waals surface area contributed by atoms with Gasteiger partial charge in [0, 0.05) is 31.8 Å². The highest BCUT2D eigenvalue weighted by molar-refractivity contribution is 9.10. The maximum absolute atomic E-state index is 8.75. The monoisotopic (exact) mass is 578 g/mol. The molecule has 0 aliphatic carbocycles. The molecule has 0 fully saturated rings. The molecular weight excluding hydrogens is 556 g/mol. The Kier molecular flexibility index (Phi) is 6.93. The Morgan fingerprint density at radius 1 is 0.575 bits per heavy atom. The number of nitrogens with zero attached hydrogens (tertiary/aromatic N) is 3. The third-order valence-corrected chi connectivity index (χ3v) is 7.36. The minimum absolute atomic E-state index is 0.540. The van der Waals surface area contributed by atoms with Gasteiger partial charge in [0.1, 0.15) is 6.07 Å². The third kappa shape index (κ3) is 4.89. The van der Waals surface area contributed by atoms with Crippen molar-refractivity contribution < 1.29 is 0 Å². The largest absolute Gasteiger partial charge is 0.397 e. The molecule has 1 heterocycles. The van der Waals surface area contributed by atoms with E-state index in [0.717, 1.165) is 54.2 Å². The summed E-state index contributed by atoms with van der Waals surface area (Å²) in [6, 6.07) is 44.6. The van der Waals surface area contributed by atoms with Crippen LogP contribution in [0.25, 0.3) is 55.1 Å². The Morgan fingerprint density at radius 3 is 1.93 bits per heavy atom. The van der Waals surface area contributed by atoms with Crippen molar-refractivity contribution >= 4 is 54.1 Å². The third-order valence-electron chi connectivity index (χ3n) is 6.83. The fourth-order valence-electron chi connectivity index (χ4n) is 4.80. The smallest absolute Gasteiger partial charge is 0.160 e. The van der Waals surface area contributed by atoms with Gasteiger partial charge in [0.25, 0.3) is 0 Å². The zero-order valence-electron chi connectivity index (χ0n) is 21.4. The number of hydrogen-bond acceptors (Lipinski definition) is 4. The second-order valence-corrected chi connectivity index (χ2v) is 10.2. The molecule has 0 saturated carbocycles. The van der Waals surface area contributed by atoms with Crippen LogP contribution in [0.3, 0.4) is 0 Å². The molecule has 5 heteroatoms. The fourth-order valence-corrected chi connectivity index (χ4v) is 5.07. The quantitative estimate of drug-likeness (QED) is 0.164. The molecule has 40 heavy (non-hydrogen) atoms. The van der Waals surface area contributed by atoms with E-state index in [2.05, 4.69) is 70.5 Å². The van der Waals surface area contributed by atoms with Gasteiger partial charge in [-0.1, -0.05) is 119 Å². The maximum atomic E-state index is 8.75. The van der Waals surface area contributed by atoms with E-state index >= 15 is 0 Å². The summed E-state index contributed by atoms with van der Waals surface area (Å²) < 4.78 is 1.04. The molecule has 0 unspecified atom stereocenters. The van der Waals surface area contributed by atoms with Crippen molar-refractivity contribution in [2.75, 3.05) is 5.73 Å². The lowest BCUT2D eigenvalue weighted by Gasteiger charge is -2.11. The van der Waals surface area contributed by atoms with E-state index < -0.39 is 0 Å². The number of anilines is 1. The molecule has 7 rings (SSSR count). The standard InChI is InChI=1S/C24H15BrN2.C11H8N2/c25-19-13-10-18(11-14-19)24-26-22(17-7-2-1-3-8-17)21-15-12-16-6-4-5-9-20(16)23(21)27-24;12-7-9-6-5-8-3-1-2-4-10(8)11(9)13/h1-15H;1-6H,13H2. The Morgan fingerprint density at radius 2 is 1.20 bits per heavy atom. The number of fused-ring (bicyclic) bond motifs is 4. The molecule has 190 valence electrons. The van der Waals surface area contributed by atoms with E-state index in [4.69, 9.17) is 21.0 Å². The second-order valence-electron chi connectivity index (χ2n) is 9.31. The van der Waals surface area contributed by atoms with Crippen LogP contribution in [-0.4, -0.2) is 9.97 Å². The summed E-state index contributed by atoms with van der Waals surface area (Å²) in [6.07, 6.45) is 0. The first-order chi connectivity index (χ1) is 19.6. The average molecular weight is 580 g/mol. The molecule has 0 amide bonds. The highest BCUT2D eigenvalue weighted by Crippen LogP contribution is 2.33.